The normalized spacial score (nSPS) is 23.9. The van der Waals surface area contributed by atoms with Crippen molar-refractivity contribution in [3.63, 3.8) is 0 Å². The minimum Gasteiger partial charge on any atom is -0.310 e. The molecule has 1 aromatic carbocycles. The molecule has 0 aromatic heterocycles. The fraction of sp³-hybridized carbons (Fsp3) is 0.500. The van der Waals surface area contributed by atoms with Gasteiger partial charge in [0.25, 0.3) is 0 Å². The lowest BCUT2D eigenvalue weighted by Gasteiger charge is -2.30. The minimum atomic E-state index is 0.563. The second kappa shape index (κ2) is 6.02. The van der Waals surface area contributed by atoms with E-state index >= 15 is 0 Å². The molecule has 1 heteroatoms. The van der Waals surface area contributed by atoms with Crippen LogP contribution < -0.4 is 5.32 Å². The summed E-state index contributed by atoms with van der Waals surface area (Å²) in [7, 11) is 0. The number of fused-ring (bicyclic) bond motifs is 1. The Balaban J connectivity index is 2.03. The molecule has 0 radical (unpaired) electrons. The zero-order valence-electron chi connectivity index (χ0n) is 10.9. The van der Waals surface area contributed by atoms with Gasteiger partial charge >= 0.3 is 0 Å². The summed E-state index contributed by atoms with van der Waals surface area (Å²) in [5.41, 5.74) is 3.06. The first-order valence-electron chi connectivity index (χ1n) is 6.76. The number of benzene rings is 1. The van der Waals surface area contributed by atoms with Crippen LogP contribution in [0.2, 0.25) is 0 Å². The van der Waals surface area contributed by atoms with Crippen molar-refractivity contribution in [2.45, 2.75) is 45.1 Å². The number of rotatable bonds is 4. The van der Waals surface area contributed by atoms with Crippen molar-refractivity contribution in [1.29, 1.82) is 0 Å². The lowest BCUT2D eigenvalue weighted by atomic mass is 9.81. The highest BCUT2D eigenvalue weighted by Crippen LogP contribution is 2.36. The topological polar surface area (TPSA) is 12.0 Å². The summed E-state index contributed by atoms with van der Waals surface area (Å²) in [6.07, 6.45) is 8.06. The lowest BCUT2D eigenvalue weighted by Crippen LogP contribution is -2.26. The lowest BCUT2D eigenvalue weighted by molar-refractivity contribution is 0.436. The number of nitrogens with one attached hydrogen (secondary N) is 1. The summed E-state index contributed by atoms with van der Waals surface area (Å²) in [6, 6.07) is 9.47. The van der Waals surface area contributed by atoms with Crippen LogP contribution >= 0.6 is 0 Å². The Hall–Kier alpha value is -1.08. The van der Waals surface area contributed by atoms with Gasteiger partial charge in [-0.1, -0.05) is 43.3 Å². The van der Waals surface area contributed by atoms with E-state index in [9.17, 15) is 0 Å². The zero-order chi connectivity index (χ0) is 12.1. The van der Waals surface area contributed by atoms with E-state index in [1.807, 2.05) is 0 Å². The highest BCUT2D eigenvalue weighted by molar-refractivity contribution is 5.34. The molecular formula is C16H23N. The molecule has 1 aliphatic carbocycles. The standard InChI is InChI=1S/C16H23N/c1-3-4-7-12-17-16-11-10-13(2)14-8-5-6-9-15(14)16/h3-6,8-9,13,16-17H,7,10-12H2,1-2H3/b4-3+. The van der Waals surface area contributed by atoms with E-state index in [1.54, 1.807) is 5.56 Å². The Morgan fingerprint density at radius 2 is 2.00 bits per heavy atom. The van der Waals surface area contributed by atoms with E-state index in [0.717, 1.165) is 18.9 Å². The van der Waals surface area contributed by atoms with Crippen molar-refractivity contribution < 1.29 is 0 Å². The fourth-order valence-corrected chi connectivity index (χ4v) is 2.72. The SMILES string of the molecule is C/C=C/CCNC1CCC(C)c2ccccc21. The van der Waals surface area contributed by atoms with Gasteiger partial charge < -0.3 is 5.32 Å². The van der Waals surface area contributed by atoms with E-state index in [0.29, 0.717) is 6.04 Å². The predicted molar refractivity (Wildman–Crippen MR) is 74.3 cm³/mol. The van der Waals surface area contributed by atoms with Crippen LogP contribution in [0.15, 0.2) is 36.4 Å². The average molecular weight is 229 g/mol. The molecule has 0 spiro atoms. The highest BCUT2D eigenvalue weighted by Gasteiger charge is 2.23. The summed E-state index contributed by atoms with van der Waals surface area (Å²) in [5.74, 6) is 0.722. The maximum absolute atomic E-state index is 3.68. The largest absolute Gasteiger partial charge is 0.310 e. The number of hydrogen-bond donors (Lipinski definition) is 1. The van der Waals surface area contributed by atoms with Crippen molar-refractivity contribution in [3.8, 4) is 0 Å². The molecule has 1 aromatic rings. The van der Waals surface area contributed by atoms with E-state index in [1.165, 1.54) is 18.4 Å². The van der Waals surface area contributed by atoms with E-state index < -0.39 is 0 Å². The number of hydrogen-bond acceptors (Lipinski definition) is 1. The van der Waals surface area contributed by atoms with Crippen molar-refractivity contribution in [1.82, 2.24) is 5.32 Å². The van der Waals surface area contributed by atoms with Crippen molar-refractivity contribution in [2.75, 3.05) is 6.54 Å². The summed E-state index contributed by atoms with van der Waals surface area (Å²) in [6.45, 7) is 5.50. The van der Waals surface area contributed by atoms with Gasteiger partial charge in [-0.3, -0.25) is 0 Å². The average Bonchev–Trinajstić information content (AvgIpc) is 2.37. The van der Waals surface area contributed by atoms with Crippen LogP contribution in [0.5, 0.6) is 0 Å². The van der Waals surface area contributed by atoms with Crippen molar-refractivity contribution in [3.05, 3.63) is 47.5 Å². The molecule has 2 unspecified atom stereocenters. The fourth-order valence-electron chi connectivity index (χ4n) is 2.72. The molecule has 0 fully saturated rings. The van der Waals surface area contributed by atoms with E-state index in [-0.39, 0.29) is 0 Å². The molecule has 0 aliphatic heterocycles. The van der Waals surface area contributed by atoms with E-state index in [4.69, 9.17) is 0 Å². The smallest absolute Gasteiger partial charge is 0.0323 e. The quantitative estimate of drug-likeness (QED) is 0.603. The molecule has 1 N–H and O–H groups in total. The molecule has 0 saturated heterocycles. The summed E-state index contributed by atoms with van der Waals surface area (Å²) in [5, 5.41) is 3.68. The van der Waals surface area contributed by atoms with E-state index in [2.05, 4.69) is 55.6 Å². The van der Waals surface area contributed by atoms with Crippen LogP contribution in [0.1, 0.15) is 56.2 Å². The van der Waals surface area contributed by atoms with Gasteiger partial charge in [-0.15, -0.1) is 0 Å². The second-order valence-electron chi connectivity index (χ2n) is 4.97. The predicted octanol–water partition coefficient (Wildman–Crippen LogP) is 4.18. The zero-order valence-corrected chi connectivity index (χ0v) is 10.9. The van der Waals surface area contributed by atoms with Crippen LogP contribution in [-0.4, -0.2) is 6.54 Å². The third-order valence-corrected chi connectivity index (χ3v) is 3.73. The first-order valence-corrected chi connectivity index (χ1v) is 6.76. The molecule has 1 nitrogen and oxygen atoms in total. The third kappa shape index (κ3) is 2.98. The van der Waals surface area contributed by atoms with Gasteiger partial charge in [0.1, 0.15) is 0 Å². The van der Waals surface area contributed by atoms with Gasteiger partial charge in [-0.25, -0.2) is 0 Å². The first kappa shape index (κ1) is 12.4. The van der Waals surface area contributed by atoms with Gasteiger partial charge in [0.05, 0.1) is 0 Å². The van der Waals surface area contributed by atoms with Crippen LogP contribution in [0, 0.1) is 0 Å². The Labute approximate surface area is 105 Å². The Kier molecular flexibility index (Phi) is 4.38. The Morgan fingerprint density at radius 3 is 2.76 bits per heavy atom. The van der Waals surface area contributed by atoms with Gasteiger partial charge in [0.15, 0.2) is 0 Å². The second-order valence-corrected chi connectivity index (χ2v) is 4.97. The first-order chi connectivity index (χ1) is 8.33. The van der Waals surface area contributed by atoms with Crippen LogP contribution in [0.4, 0.5) is 0 Å². The Bertz CT molecular complexity index is 381. The molecule has 2 atom stereocenters. The summed E-state index contributed by atoms with van der Waals surface area (Å²) < 4.78 is 0. The molecule has 17 heavy (non-hydrogen) atoms. The number of allylic oxidation sites excluding steroid dienone is 1. The summed E-state index contributed by atoms with van der Waals surface area (Å²) >= 11 is 0. The minimum absolute atomic E-state index is 0.563. The molecule has 0 heterocycles. The van der Waals surface area contributed by atoms with Gasteiger partial charge in [0.2, 0.25) is 0 Å². The van der Waals surface area contributed by atoms with Gasteiger partial charge in [-0.05, 0) is 49.8 Å². The third-order valence-electron chi connectivity index (χ3n) is 3.73. The summed E-state index contributed by atoms with van der Waals surface area (Å²) in [4.78, 5) is 0. The van der Waals surface area contributed by atoms with Crippen LogP contribution in [-0.2, 0) is 0 Å². The maximum atomic E-state index is 3.68. The molecular weight excluding hydrogens is 206 g/mol. The molecule has 0 amide bonds. The van der Waals surface area contributed by atoms with Crippen LogP contribution in [0.25, 0.3) is 0 Å². The molecule has 92 valence electrons. The van der Waals surface area contributed by atoms with Gasteiger partial charge in [0, 0.05) is 6.04 Å². The molecule has 0 saturated carbocycles. The maximum Gasteiger partial charge on any atom is 0.0323 e. The van der Waals surface area contributed by atoms with Gasteiger partial charge in [-0.2, -0.15) is 0 Å². The molecule has 2 rings (SSSR count). The van der Waals surface area contributed by atoms with Crippen LogP contribution in [0.3, 0.4) is 0 Å². The highest BCUT2D eigenvalue weighted by atomic mass is 14.9. The Morgan fingerprint density at radius 1 is 1.24 bits per heavy atom. The molecule has 0 bridgehead atoms. The van der Waals surface area contributed by atoms with Crippen molar-refractivity contribution >= 4 is 0 Å². The monoisotopic (exact) mass is 229 g/mol. The molecule has 1 aliphatic rings. The van der Waals surface area contributed by atoms with Crippen molar-refractivity contribution in [2.24, 2.45) is 0 Å².